The van der Waals surface area contributed by atoms with Crippen LogP contribution in [0.3, 0.4) is 0 Å². The van der Waals surface area contributed by atoms with Gasteiger partial charge >= 0.3 is 0 Å². The number of nitrogens with one attached hydrogen (secondary N) is 2. The standard InChI is InChI=1S/C23H39N5O/c1-23(2,3)26-21(29)18-27(5)22(24-4)25-16-19-12-8-9-13-20(19)17-28-14-10-6-7-11-15-28/h8-9,12-13H,6-7,10-11,14-18H2,1-5H3,(H,24,25)(H,26,29). The van der Waals surface area contributed by atoms with E-state index >= 15 is 0 Å². The van der Waals surface area contributed by atoms with E-state index in [4.69, 9.17) is 0 Å². The van der Waals surface area contributed by atoms with Gasteiger partial charge in [-0.1, -0.05) is 37.1 Å². The second-order valence-corrected chi connectivity index (χ2v) is 9.01. The predicted molar refractivity (Wildman–Crippen MR) is 121 cm³/mol. The van der Waals surface area contributed by atoms with Gasteiger partial charge in [-0.3, -0.25) is 14.7 Å². The first kappa shape index (κ1) is 23.2. The number of nitrogens with zero attached hydrogens (tertiary/aromatic N) is 3. The molecule has 6 heteroatoms. The highest BCUT2D eigenvalue weighted by molar-refractivity contribution is 5.86. The Balaban J connectivity index is 1.94. The molecule has 1 aromatic rings. The summed E-state index contributed by atoms with van der Waals surface area (Å²) in [5, 5.41) is 6.41. The molecule has 0 atom stereocenters. The highest BCUT2D eigenvalue weighted by Crippen LogP contribution is 2.16. The Hall–Kier alpha value is -2.08. The van der Waals surface area contributed by atoms with E-state index in [0.717, 1.165) is 12.5 Å². The third-order valence-corrected chi connectivity index (χ3v) is 5.12. The summed E-state index contributed by atoms with van der Waals surface area (Å²) in [5.74, 6) is 0.711. The number of benzene rings is 1. The Morgan fingerprint density at radius 2 is 1.72 bits per heavy atom. The fourth-order valence-electron chi connectivity index (χ4n) is 3.73. The number of aliphatic imine (C=N–C) groups is 1. The van der Waals surface area contributed by atoms with Gasteiger partial charge in [0.05, 0.1) is 6.54 Å². The SMILES string of the molecule is CN=C(NCc1ccccc1CN1CCCCCC1)N(C)CC(=O)NC(C)(C)C. The minimum Gasteiger partial charge on any atom is -0.352 e. The lowest BCUT2D eigenvalue weighted by atomic mass is 10.1. The van der Waals surface area contributed by atoms with Gasteiger partial charge in [-0.25, -0.2) is 0 Å². The van der Waals surface area contributed by atoms with E-state index in [-0.39, 0.29) is 18.0 Å². The fourth-order valence-corrected chi connectivity index (χ4v) is 3.73. The van der Waals surface area contributed by atoms with E-state index in [1.54, 1.807) is 7.05 Å². The van der Waals surface area contributed by atoms with Crippen molar-refractivity contribution in [3.05, 3.63) is 35.4 Å². The zero-order valence-corrected chi connectivity index (χ0v) is 18.9. The minimum absolute atomic E-state index is 0.00971. The number of hydrogen-bond donors (Lipinski definition) is 2. The van der Waals surface area contributed by atoms with Gasteiger partial charge < -0.3 is 15.5 Å². The second kappa shape index (κ2) is 11.2. The molecule has 0 aliphatic carbocycles. The van der Waals surface area contributed by atoms with E-state index in [0.29, 0.717) is 6.54 Å². The van der Waals surface area contributed by atoms with Gasteiger partial charge in [0.2, 0.25) is 5.91 Å². The van der Waals surface area contributed by atoms with Crippen molar-refractivity contribution in [3.8, 4) is 0 Å². The maximum Gasteiger partial charge on any atom is 0.240 e. The van der Waals surface area contributed by atoms with Crippen LogP contribution in [0.4, 0.5) is 0 Å². The summed E-state index contributed by atoms with van der Waals surface area (Å²) < 4.78 is 0. The van der Waals surface area contributed by atoms with Crippen molar-refractivity contribution in [3.63, 3.8) is 0 Å². The molecule has 0 saturated carbocycles. The summed E-state index contributed by atoms with van der Waals surface area (Å²) in [6.45, 7) is 10.3. The van der Waals surface area contributed by atoms with Gasteiger partial charge in [-0.2, -0.15) is 0 Å². The summed E-state index contributed by atoms with van der Waals surface area (Å²) in [6.07, 6.45) is 5.30. The summed E-state index contributed by atoms with van der Waals surface area (Å²) in [6, 6.07) is 8.62. The molecule has 0 aromatic heterocycles. The Morgan fingerprint density at radius 3 is 2.31 bits per heavy atom. The molecule has 0 bridgehead atoms. The monoisotopic (exact) mass is 401 g/mol. The minimum atomic E-state index is -0.235. The van der Waals surface area contributed by atoms with Crippen molar-refractivity contribution in [2.75, 3.05) is 33.7 Å². The van der Waals surface area contributed by atoms with Crippen molar-refractivity contribution >= 4 is 11.9 Å². The van der Waals surface area contributed by atoms with E-state index in [2.05, 4.69) is 44.8 Å². The number of carbonyl (C=O) groups excluding carboxylic acids is 1. The van der Waals surface area contributed by atoms with Crippen LogP contribution in [-0.2, 0) is 17.9 Å². The number of likely N-dealkylation sites (tertiary alicyclic amines) is 1. The molecule has 1 aliphatic rings. The van der Waals surface area contributed by atoms with Crippen LogP contribution < -0.4 is 10.6 Å². The maximum absolute atomic E-state index is 12.2. The zero-order valence-electron chi connectivity index (χ0n) is 18.9. The van der Waals surface area contributed by atoms with Crippen LogP contribution in [0, 0.1) is 0 Å². The van der Waals surface area contributed by atoms with E-state index in [1.165, 1.54) is 49.9 Å². The zero-order chi connectivity index (χ0) is 21.3. The lowest BCUT2D eigenvalue weighted by Gasteiger charge is -2.26. The van der Waals surface area contributed by atoms with E-state index < -0.39 is 0 Å². The molecule has 1 saturated heterocycles. The van der Waals surface area contributed by atoms with Crippen molar-refractivity contribution in [1.82, 2.24) is 20.4 Å². The van der Waals surface area contributed by atoms with Gasteiger partial charge in [0, 0.05) is 32.7 Å². The predicted octanol–water partition coefficient (Wildman–Crippen LogP) is 2.98. The van der Waals surface area contributed by atoms with Gasteiger partial charge in [-0.15, -0.1) is 0 Å². The topological polar surface area (TPSA) is 60.0 Å². The highest BCUT2D eigenvalue weighted by Gasteiger charge is 2.17. The molecule has 0 unspecified atom stereocenters. The number of amides is 1. The fraction of sp³-hybridized carbons (Fsp3) is 0.652. The second-order valence-electron chi connectivity index (χ2n) is 9.01. The summed E-state index contributed by atoms with van der Waals surface area (Å²) in [4.78, 5) is 21.0. The number of guanidine groups is 1. The van der Waals surface area contributed by atoms with Crippen molar-refractivity contribution in [2.24, 2.45) is 4.99 Å². The average Bonchev–Trinajstić information content (AvgIpc) is 2.90. The average molecular weight is 402 g/mol. The molecule has 1 aliphatic heterocycles. The van der Waals surface area contributed by atoms with Crippen LogP contribution >= 0.6 is 0 Å². The van der Waals surface area contributed by atoms with Gasteiger partial charge in [0.25, 0.3) is 0 Å². The van der Waals surface area contributed by atoms with Crippen LogP contribution in [0.5, 0.6) is 0 Å². The van der Waals surface area contributed by atoms with Crippen LogP contribution in [-0.4, -0.2) is 60.9 Å². The number of hydrogen-bond acceptors (Lipinski definition) is 3. The lowest BCUT2D eigenvalue weighted by Crippen LogP contribution is -2.48. The first-order chi connectivity index (χ1) is 13.8. The van der Waals surface area contributed by atoms with Gasteiger partial charge in [-0.05, 0) is 57.8 Å². The molecule has 162 valence electrons. The van der Waals surface area contributed by atoms with Crippen LogP contribution in [0.1, 0.15) is 57.6 Å². The number of rotatable bonds is 6. The van der Waals surface area contributed by atoms with E-state index in [9.17, 15) is 4.79 Å². The van der Waals surface area contributed by atoms with Crippen LogP contribution in [0.15, 0.2) is 29.3 Å². The Kier molecular flexibility index (Phi) is 8.96. The molecule has 1 amide bonds. The van der Waals surface area contributed by atoms with Gasteiger partial charge in [0.15, 0.2) is 5.96 Å². The van der Waals surface area contributed by atoms with Crippen molar-refractivity contribution in [2.45, 2.75) is 65.1 Å². The largest absolute Gasteiger partial charge is 0.352 e. The Morgan fingerprint density at radius 1 is 1.10 bits per heavy atom. The lowest BCUT2D eigenvalue weighted by molar-refractivity contribution is -0.122. The smallest absolute Gasteiger partial charge is 0.240 e. The molecule has 1 fully saturated rings. The van der Waals surface area contributed by atoms with Crippen LogP contribution in [0.2, 0.25) is 0 Å². The molecular formula is C23H39N5O. The third kappa shape index (κ3) is 8.44. The molecule has 1 heterocycles. The first-order valence-corrected chi connectivity index (χ1v) is 10.8. The summed E-state index contributed by atoms with van der Waals surface area (Å²) in [5.41, 5.74) is 2.41. The quantitative estimate of drug-likeness (QED) is 0.568. The molecule has 2 rings (SSSR count). The molecule has 1 aromatic carbocycles. The molecule has 0 spiro atoms. The first-order valence-electron chi connectivity index (χ1n) is 10.8. The van der Waals surface area contributed by atoms with E-state index in [1.807, 2.05) is 32.7 Å². The molecule has 2 N–H and O–H groups in total. The molecule has 6 nitrogen and oxygen atoms in total. The number of likely N-dealkylation sites (N-methyl/N-ethyl adjacent to an activating group) is 1. The van der Waals surface area contributed by atoms with Crippen molar-refractivity contribution in [1.29, 1.82) is 0 Å². The highest BCUT2D eigenvalue weighted by atomic mass is 16.2. The maximum atomic E-state index is 12.2. The normalized spacial score (nSPS) is 16.2. The Labute approximate surface area is 176 Å². The molecule has 0 radical (unpaired) electrons. The summed E-state index contributed by atoms with van der Waals surface area (Å²) in [7, 11) is 3.64. The van der Waals surface area contributed by atoms with Crippen molar-refractivity contribution < 1.29 is 4.79 Å². The van der Waals surface area contributed by atoms with Gasteiger partial charge in [0.1, 0.15) is 0 Å². The third-order valence-electron chi connectivity index (χ3n) is 5.12. The Bertz CT molecular complexity index is 672. The molecule has 29 heavy (non-hydrogen) atoms. The molecular weight excluding hydrogens is 362 g/mol. The summed E-state index contributed by atoms with van der Waals surface area (Å²) >= 11 is 0. The number of carbonyl (C=O) groups is 1. The van der Waals surface area contributed by atoms with Crippen LogP contribution in [0.25, 0.3) is 0 Å².